The summed E-state index contributed by atoms with van der Waals surface area (Å²) in [4.78, 5) is 16.2. The monoisotopic (exact) mass is 269 g/mol. The molecule has 2 aromatic rings. The number of carbonyl (C=O) groups is 1. The van der Waals surface area contributed by atoms with Crippen LogP contribution in [-0.4, -0.2) is 24.0 Å². The van der Waals surface area contributed by atoms with Gasteiger partial charge >= 0.3 is 0 Å². The van der Waals surface area contributed by atoms with E-state index in [1.54, 1.807) is 12.4 Å². The van der Waals surface area contributed by atoms with Crippen molar-refractivity contribution in [1.82, 2.24) is 10.3 Å². The quantitative estimate of drug-likeness (QED) is 0.847. The normalized spacial score (nSPS) is 10.1. The molecule has 20 heavy (non-hydrogen) atoms. The van der Waals surface area contributed by atoms with Crippen LogP contribution >= 0.6 is 0 Å². The Bertz CT molecular complexity index is 555. The minimum atomic E-state index is -0.0926. The fraction of sp³-hybridized carbons (Fsp3) is 0.250. The molecule has 0 aliphatic carbocycles. The van der Waals surface area contributed by atoms with Crippen LogP contribution < -0.4 is 10.6 Å². The Hall–Kier alpha value is -2.36. The molecule has 0 saturated carbocycles. The molecule has 1 aromatic heterocycles. The molecule has 4 nitrogen and oxygen atoms in total. The van der Waals surface area contributed by atoms with Crippen molar-refractivity contribution in [3.63, 3.8) is 0 Å². The summed E-state index contributed by atoms with van der Waals surface area (Å²) in [5.74, 6) is -0.0926. The van der Waals surface area contributed by atoms with Crippen LogP contribution in [-0.2, 0) is 6.42 Å². The van der Waals surface area contributed by atoms with Crippen LogP contribution in [0.5, 0.6) is 0 Å². The Morgan fingerprint density at radius 1 is 1.20 bits per heavy atom. The van der Waals surface area contributed by atoms with Gasteiger partial charge in [0.15, 0.2) is 0 Å². The molecule has 2 rings (SSSR count). The molecule has 104 valence electrons. The van der Waals surface area contributed by atoms with Crippen molar-refractivity contribution < 1.29 is 4.79 Å². The van der Waals surface area contributed by atoms with E-state index >= 15 is 0 Å². The minimum Gasteiger partial charge on any atom is -0.385 e. The molecule has 0 aliphatic rings. The van der Waals surface area contributed by atoms with Crippen molar-refractivity contribution in [3.05, 3.63) is 59.9 Å². The first-order valence-electron chi connectivity index (χ1n) is 6.81. The van der Waals surface area contributed by atoms with Gasteiger partial charge in [0.2, 0.25) is 0 Å². The van der Waals surface area contributed by atoms with Gasteiger partial charge in [-0.05, 0) is 25.0 Å². The smallest absolute Gasteiger partial charge is 0.254 e. The summed E-state index contributed by atoms with van der Waals surface area (Å²) in [6.07, 6.45) is 4.10. The Morgan fingerprint density at radius 3 is 2.75 bits per heavy atom. The average molecular weight is 269 g/mol. The maximum Gasteiger partial charge on any atom is 0.254 e. The van der Waals surface area contributed by atoms with Gasteiger partial charge in [0.05, 0.1) is 11.3 Å². The van der Waals surface area contributed by atoms with Gasteiger partial charge in [0, 0.05) is 25.5 Å². The van der Waals surface area contributed by atoms with E-state index in [-0.39, 0.29) is 5.91 Å². The summed E-state index contributed by atoms with van der Waals surface area (Å²) in [6, 6.07) is 11.9. The van der Waals surface area contributed by atoms with Gasteiger partial charge in [-0.25, -0.2) is 0 Å². The summed E-state index contributed by atoms with van der Waals surface area (Å²) in [7, 11) is 0. The summed E-state index contributed by atoms with van der Waals surface area (Å²) in [5.41, 5.74) is 2.62. The largest absolute Gasteiger partial charge is 0.385 e. The Kier molecular flexibility index (Phi) is 5.12. The van der Waals surface area contributed by atoms with Crippen molar-refractivity contribution in [2.45, 2.75) is 13.3 Å². The number of benzene rings is 1. The molecule has 0 unspecified atom stereocenters. The van der Waals surface area contributed by atoms with E-state index in [4.69, 9.17) is 0 Å². The predicted octanol–water partition coefficient (Wildman–Crippen LogP) is 2.49. The van der Waals surface area contributed by atoms with E-state index in [1.807, 2.05) is 31.2 Å². The highest BCUT2D eigenvalue weighted by Gasteiger charge is 2.10. The first-order chi connectivity index (χ1) is 9.81. The molecule has 0 saturated heterocycles. The van der Waals surface area contributed by atoms with Gasteiger partial charge < -0.3 is 10.6 Å². The van der Waals surface area contributed by atoms with Crippen LogP contribution in [0, 0.1) is 0 Å². The number of nitrogens with one attached hydrogen (secondary N) is 2. The molecule has 1 aromatic carbocycles. The van der Waals surface area contributed by atoms with Crippen LogP contribution in [0.15, 0.2) is 48.8 Å². The highest BCUT2D eigenvalue weighted by atomic mass is 16.1. The number of aromatic nitrogens is 1. The zero-order valence-corrected chi connectivity index (χ0v) is 11.6. The SMILES string of the molecule is CCNc1ccncc1C(=O)NCCc1ccccc1. The molecule has 4 heteroatoms. The number of pyridine rings is 1. The van der Waals surface area contributed by atoms with Crippen molar-refractivity contribution in [1.29, 1.82) is 0 Å². The maximum absolute atomic E-state index is 12.1. The van der Waals surface area contributed by atoms with E-state index in [9.17, 15) is 4.79 Å². The van der Waals surface area contributed by atoms with Gasteiger partial charge in [-0.15, -0.1) is 0 Å². The van der Waals surface area contributed by atoms with Crippen molar-refractivity contribution >= 4 is 11.6 Å². The molecular weight excluding hydrogens is 250 g/mol. The Balaban J connectivity index is 1.92. The van der Waals surface area contributed by atoms with Crippen LogP contribution in [0.3, 0.4) is 0 Å². The number of nitrogens with zero attached hydrogens (tertiary/aromatic N) is 1. The fourth-order valence-electron chi connectivity index (χ4n) is 1.98. The molecular formula is C16H19N3O. The zero-order valence-electron chi connectivity index (χ0n) is 11.6. The molecule has 0 spiro atoms. The fourth-order valence-corrected chi connectivity index (χ4v) is 1.98. The number of carbonyl (C=O) groups excluding carboxylic acids is 1. The summed E-state index contributed by atoms with van der Waals surface area (Å²) in [6.45, 7) is 3.38. The predicted molar refractivity (Wildman–Crippen MR) is 80.9 cm³/mol. The molecule has 1 heterocycles. The van der Waals surface area contributed by atoms with Gasteiger partial charge in [-0.1, -0.05) is 30.3 Å². The highest BCUT2D eigenvalue weighted by molar-refractivity contribution is 5.99. The van der Waals surface area contributed by atoms with E-state index in [0.29, 0.717) is 12.1 Å². The summed E-state index contributed by atoms with van der Waals surface area (Å²) < 4.78 is 0. The number of anilines is 1. The van der Waals surface area contributed by atoms with Crippen LogP contribution in [0.4, 0.5) is 5.69 Å². The maximum atomic E-state index is 12.1. The lowest BCUT2D eigenvalue weighted by Crippen LogP contribution is -2.26. The minimum absolute atomic E-state index is 0.0926. The van der Waals surface area contributed by atoms with E-state index in [2.05, 4.69) is 27.8 Å². The van der Waals surface area contributed by atoms with E-state index in [1.165, 1.54) is 5.56 Å². The Labute approximate surface area is 119 Å². The number of hydrogen-bond donors (Lipinski definition) is 2. The number of rotatable bonds is 6. The lowest BCUT2D eigenvalue weighted by molar-refractivity contribution is 0.0954. The second-order valence-corrected chi connectivity index (χ2v) is 4.44. The number of amides is 1. The first-order valence-corrected chi connectivity index (χ1v) is 6.81. The molecule has 0 aliphatic heterocycles. The second kappa shape index (κ2) is 7.28. The van der Waals surface area contributed by atoms with Gasteiger partial charge in [-0.2, -0.15) is 0 Å². The summed E-state index contributed by atoms with van der Waals surface area (Å²) >= 11 is 0. The molecule has 2 N–H and O–H groups in total. The molecule has 0 fully saturated rings. The van der Waals surface area contributed by atoms with E-state index < -0.39 is 0 Å². The van der Waals surface area contributed by atoms with Crippen LogP contribution in [0.2, 0.25) is 0 Å². The third-order valence-electron chi connectivity index (χ3n) is 2.97. The van der Waals surface area contributed by atoms with Crippen molar-refractivity contribution in [2.75, 3.05) is 18.4 Å². The lowest BCUT2D eigenvalue weighted by atomic mass is 10.1. The standard InChI is InChI=1S/C16H19N3O/c1-2-18-15-9-10-17-12-14(15)16(20)19-11-8-13-6-4-3-5-7-13/h3-7,9-10,12H,2,8,11H2,1H3,(H,17,18)(H,19,20). The van der Waals surface area contributed by atoms with Gasteiger partial charge in [0.1, 0.15) is 0 Å². The number of hydrogen-bond acceptors (Lipinski definition) is 3. The second-order valence-electron chi connectivity index (χ2n) is 4.44. The molecule has 1 amide bonds. The van der Waals surface area contributed by atoms with Crippen LogP contribution in [0.25, 0.3) is 0 Å². The molecule has 0 atom stereocenters. The van der Waals surface area contributed by atoms with Crippen molar-refractivity contribution in [3.8, 4) is 0 Å². The Morgan fingerprint density at radius 2 is 2.00 bits per heavy atom. The third kappa shape index (κ3) is 3.82. The van der Waals surface area contributed by atoms with E-state index in [0.717, 1.165) is 18.7 Å². The topological polar surface area (TPSA) is 54.0 Å². The third-order valence-corrected chi connectivity index (χ3v) is 2.97. The van der Waals surface area contributed by atoms with Crippen molar-refractivity contribution in [2.24, 2.45) is 0 Å². The van der Waals surface area contributed by atoms with Gasteiger partial charge in [-0.3, -0.25) is 9.78 Å². The average Bonchev–Trinajstić information content (AvgIpc) is 2.49. The van der Waals surface area contributed by atoms with Gasteiger partial charge in [0.25, 0.3) is 5.91 Å². The van der Waals surface area contributed by atoms with Crippen LogP contribution in [0.1, 0.15) is 22.8 Å². The lowest BCUT2D eigenvalue weighted by Gasteiger charge is -2.10. The zero-order chi connectivity index (χ0) is 14.2. The first kappa shape index (κ1) is 14.1. The molecule has 0 bridgehead atoms. The molecule has 0 radical (unpaired) electrons. The summed E-state index contributed by atoms with van der Waals surface area (Å²) in [5, 5.41) is 6.09. The highest BCUT2D eigenvalue weighted by Crippen LogP contribution is 2.12.